The lowest BCUT2D eigenvalue weighted by Gasteiger charge is -2.25. The molecule has 0 spiro atoms. The third-order valence-electron chi connectivity index (χ3n) is 6.48. The van der Waals surface area contributed by atoms with Gasteiger partial charge in [0, 0.05) is 24.3 Å². The van der Waals surface area contributed by atoms with Crippen LogP contribution < -0.4 is 14.8 Å². The highest BCUT2D eigenvalue weighted by molar-refractivity contribution is 7.92. The van der Waals surface area contributed by atoms with E-state index in [1.165, 1.54) is 22.5 Å². The molecule has 0 aliphatic carbocycles. The van der Waals surface area contributed by atoms with Crippen molar-refractivity contribution in [2.24, 2.45) is 0 Å². The summed E-state index contributed by atoms with van der Waals surface area (Å²) in [6.07, 6.45) is 2.79. The minimum Gasteiger partial charge on any atom is -0.492 e. The predicted octanol–water partition coefficient (Wildman–Crippen LogP) is 4.09. The molecule has 1 aliphatic heterocycles. The summed E-state index contributed by atoms with van der Waals surface area (Å²) in [5.74, 6) is 0.0427. The molecule has 0 unspecified atom stereocenters. The van der Waals surface area contributed by atoms with Gasteiger partial charge in [0.25, 0.3) is 15.9 Å². The van der Waals surface area contributed by atoms with Gasteiger partial charge in [0.1, 0.15) is 12.4 Å². The number of carbonyl (C=O) groups is 1. The van der Waals surface area contributed by atoms with Crippen molar-refractivity contribution >= 4 is 31.6 Å². The van der Waals surface area contributed by atoms with Crippen molar-refractivity contribution in [3.05, 3.63) is 83.4 Å². The average Bonchev–Trinajstić information content (AvgIpc) is 2.93. The van der Waals surface area contributed by atoms with Gasteiger partial charge in [0.05, 0.1) is 16.3 Å². The van der Waals surface area contributed by atoms with E-state index in [1.807, 2.05) is 19.1 Å². The highest BCUT2D eigenvalue weighted by Crippen LogP contribution is 2.23. The Kier molecular flexibility index (Phi) is 8.94. The molecule has 0 aromatic heterocycles. The molecule has 1 heterocycles. The monoisotopic (exact) mass is 571 g/mol. The van der Waals surface area contributed by atoms with Crippen LogP contribution in [0.2, 0.25) is 0 Å². The molecule has 0 saturated carbocycles. The largest absolute Gasteiger partial charge is 0.492 e. The smallest absolute Gasteiger partial charge is 0.262 e. The maximum absolute atomic E-state index is 13.0. The molecule has 0 atom stereocenters. The third kappa shape index (κ3) is 7.17. The van der Waals surface area contributed by atoms with Gasteiger partial charge in [-0.3, -0.25) is 9.52 Å². The highest BCUT2D eigenvalue weighted by Gasteiger charge is 2.25. The van der Waals surface area contributed by atoms with Gasteiger partial charge >= 0.3 is 0 Å². The predicted molar refractivity (Wildman–Crippen MR) is 150 cm³/mol. The van der Waals surface area contributed by atoms with E-state index in [0.717, 1.165) is 24.8 Å². The first-order valence-electron chi connectivity index (χ1n) is 12.8. The van der Waals surface area contributed by atoms with Gasteiger partial charge in [-0.1, -0.05) is 30.2 Å². The summed E-state index contributed by atoms with van der Waals surface area (Å²) in [6.45, 7) is 4.98. The summed E-state index contributed by atoms with van der Waals surface area (Å²) in [6, 6.07) is 17.7. The second kappa shape index (κ2) is 12.2. The molecular weight excluding hydrogens is 538 g/mol. The van der Waals surface area contributed by atoms with Crippen LogP contribution in [0.15, 0.2) is 76.5 Å². The molecule has 2 N–H and O–H groups in total. The van der Waals surface area contributed by atoms with Gasteiger partial charge in [-0.2, -0.15) is 4.31 Å². The topological polar surface area (TPSA) is 122 Å². The zero-order valence-electron chi connectivity index (χ0n) is 22.0. The molecule has 3 aromatic carbocycles. The number of hydrogen-bond acceptors (Lipinski definition) is 6. The van der Waals surface area contributed by atoms with E-state index in [4.69, 9.17) is 4.74 Å². The first-order chi connectivity index (χ1) is 18.6. The van der Waals surface area contributed by atoms with Crippen LogP contribution in [0.5, 0.6) is 5.75 Å². The number of carbonyl (C=O) groups excluding carboxylic acids is 1. The number of anilines is 1. The highest BCUT2D eigenvalue weighted by atomic mass is 32.2. The van der Waals surface area contributed by atoms with Crippen LogP contribution in [0.25, 0.3) is 0 Å². The second-order valence-corrected chi connectivity index (χ2v) is 13.1. The number of piperidine rings is 1. The fraction of sp³-hybridized carbons (Fsp3) is 0.321. The number of benzene rings is 3. The minimum absolute atomic E-state index is 0.0200. The number of aryl methyl sites for hydroxylation is 2. The van der Waals surface area contributed by atoms with Crippen molar-refractivity contribution in [1.29, 1.82) is 0 Å². The van der Waals surface area contributed by atoms with Gasteiger partial charge < -0.3 is 10.1 Å². The van der Waals surface area contributed by atoms with E-state index in [1.54, 1.807) is 43.3 Å². The number of ether oxygens (including phenoxy) is 1. The van der Waals surface area contributed by atoms with Crippen molar-refractivity contribution < 1.29 is 26.4 Å². The maximum Gasteiger partial charge on any atom is 0.262 e. The molecule has 0 radical (unpaired) electrons. The molecule has 4 rings (SSSR count). The van der Waals surface area contributed by atoms with Crippen LogP contribution in [-0.4, -0.2) is 53.3 Å². The van der Waals surface area contributed by atoms with Crippen LogP contribution in [0.4, 0.5) is 5.69 Å². The summed E-state index contributed by atoms with van der Waals surface area (Å²) in [7, 11) is -7.41. The lowest BCUT2D eigenvalue weighted by Crippen LogP contribution is -2.35. The first-order valence-corrected chi connectivity index (χ1v) is 15.7. The normalized spacial score (nSPS) is 14.5. The average molecular weight is 572 g/mol. The first kappa shape index (κ1) is 28.6. The maximum atomic E-state index is 13.0. The summed E-state index contributed by atoms with van der Waals surface area (Å²) in [5, 5.41) is 2.72. The molecule has 3 aromatic rings. The number of sulfonamides is 2. The number of nitrogens with zero attached hydrogens (tertiary/aromatic N) is 1. The van der Waals surface area contributed by atoms with Gasteiger partial charge in [-0.05, 0) is 80.8 Å². The SMILES string of the molecule is Cc1ccc(NS(=O)(=O)c2cc(C(=O)NCCOc3ccc(S(=O)(=O)N4CCCCC4)cc3)ccc2C)cc1. The lowest BCUT2D eigenvalue weighted by atomic mass is 10.1. The summed E-state index contributed by atoms with van der Waals surface area (Å²) < 4.78 is 61.2. The molecule has 39 heavy (non-hydrogen) atoms. The molecular formula is C28H33N3O6S2. The molecule has 11 heteroatoms. The Morgan fingerprint density at radius 2 is 1.54 bits per heavy atom. The Labute approximate surface area is 230 Å². The van der Waals surface area contributed by atoms with Gasteiger partial charge in [0.15, 0.2) is 0 Å². The molecule has 1 saturated heterocycles. The van der Waals surface area contributed by atoms with Crippen LogP contribution in [-0.2, 0) is 20.0 Å². The minimum atomic E-state index is -3.90. The molecule has 1 aliphatic rings. The van der Waals surface area contributed by atoms with E-state index < -0.39 is 26.0 Å². The fourth-order valence-electron chi connectivity index (χ4n) is 4.26. The zero-order valence-corrected chi connectivity index (χ0v) is 23.6. The third-order valence-corrected chi connectivity index (χ3v) is 9.91. The van der Waals surface area contributed by atoms with E-state index in [-0.39, 0.29) is 28.5 Å². The van der Waals surface area contributed by atoms with Gasteiger partial charge in [-0.25, -0.2) is 16.8 Å². The Morgan fingerprint density at radius 1 is 0.872 bits per heavy atom. The Bertz CT molecular complexity index is 1510. The zero-order chi connectivity index (χ0) is 28.0. The van der Waals surface area contributed by atoms with E-state index in [0.29, 0.717) is 30.1 Å². The molecule has 208 valence electrons. The summed E-state index contributed by atoms with van der Waals surface area (Å²) in [5.41, 5.74) is 2.16. The van der Waals surface area contributed by atoms with Crippen LogP contribution >= 0.6 is 0 Å². The Balaban J connectivity index is 1.32. The molecule has 9 nitrogen and oxygen atoms in total. The number of amides is 1. The lowest BCUT2D eigenvalue weighted by molar-refractivity contribution is 0.0946. The van der Waals surface area contributed by atoms with E-state index in [2.05, 4.69) is 10.0 Å². The van der Waals surface area contributed by atoms with Crippen molar-refractivity contribution in [1.82, 2.24) is 9.62 Å². The van der Waals surface area contributed by atoms with Crippen LogP contribution in [0.3, 0.4) is 0 Å². The standard InChI is InChI=1S/C28H33N3O6S2/c1-21-6-10-24(11-7-21)30-38(33,34)27-20-23(9-8-22(27)2)28(32)29-16-19-37-25-12-14-26(15-13-25)39(35,36)31-17-4-3-5-18-31/h6-15,20,30H,3-5,16-19H2,1-2H3,(H,29,32). The van der Waals surface area contributed by atoms with E-state index in [9.17, 15) is 21.6 Å². The summed E-state index contributed by atoms with van der Waals surface area (Å²) in [4.78, 5) is 12.9. The molecule has 1 fully saturated rings. The van der Waals surface area contributed by atoms with Crippen molar-refractivity contribution in [3.63, 3.8) is 0 Å². The van der Waals surface area contributed by atoms with Crippen LogP contribution in [0, 0.1) is 13.8 Å². The van der Waals surface area contributed by atoms with Gasteiger partial charge in [0.2, 0.25) is 10.0 Å². The van der Waals surface area contributed by atoms with Gasteiger partial charge in [-0.15, -0.1) is 0 Å². The molecule has 1 amide bonds. The van der Waals surface area contributed by atoms with Crippen LogP contribution in [0.1, 0.15) is 40.7 Å². The second-order valence-electron chi connectivity index (χ2n) is 9.49. The van der Waals surface area contributed by atoms with Crippen molar-refractivity contribution in [3.8, 4) is 5.75 Å². The molecule has 0 bridgehead atoms. The van der Waals surface area contributed by atoms with Crippen molar-refractivity contribution in [2.75, 3.05) is 31.0 Å². The number of nitrogens with one attached hydrogen (secondary N) is 2. The van der Waals surface area contributed by atoms with E-state index >= 15 is 0 Å². The Hall–Kier alpha value is -3.41. The number of rotatable bonds is 10. The quantitative estimate of drug-likeness (QED) is 0.354. The van der Waals surface area contributed by atoms with Crippen molar-refractivity contribution in [2.45, 2.75) is 42.9 Å². The number of hydrogen-bond donors (Lipinski definition) is 2. The fourth-order valence-corrected chi connectivity index (χ4v) is 7.11. The Morgan fingerprint density at radius 3 is 2.21 bits per heavy atom. The summed E-state index contributed by atoms with van der Waals surface area (Å²) >= 11 is 0.